The number of pyridine rings is 1. The summed E-state index contributed by atoms with van der Waals surface area (Å²) in [5, 5.41) is 18.1. The monoisotopic (exact) mass is 330 g/mol. The van der Waals surface area contributed by atoms with Crippen LogP contribution < -0.4 is 10.4 Å². The molecular weight excluding hydrogens is 312 g/mol. The maximum Gasteiger partial charge on any atom is 0.154 e. The van der Waals surface area contributed by atoms with Gasteiger partial charge in [-0.15, -0.1) is 0 Å². The highest BCUT2D eigenvalue weighted by molar-refractivity contribution is 5.64. The molecule has 0 spiro atoms. The molecular formula is C20H18N4O. The maximum atomic E-state index is 9.20. The van der Waals surface area contributed by atoms with Crippen molar-refractivity contribution in [1.82, 2.24) is 4.98 Å². The molecule has 3 rings (SSSR count). The van der Waals surface area contributed by atoms with Gasteiger partial charge in [-0.25, -0.2) is 4.98 Å². The number of aromatic nitrogens is 1. The summed E-state index contributed by atoms with van der Waals surface area (Å²) in [6, 6.07) is 13.0. The summed E-state index contributed by atoms with van der Waals surface area (Å²) in [5.41, 5.74) is 5.59. The predicted molar refractivity (Wildman–Crippen MR) is 97.2 cm³/mol. The smallest absolute Gasteiger partial charge is 0.154 e. The first-order valence-corrected chi connectivity index (χ1v) is 8.10. The Bertz CT molecular complexity index is 876. The lowest BCUT2D eigenvalue weighted by atomic mass is 10.0. The van der Waals surface area contributed by atoms with Crippen LogP contribution in [0.2, 0.25) is 0 Å². The summed E-state index contributed by atoms with van der Waals surface area (Å²) >= 11 is 0. The van der Waals surface area contributed by atoms with E-state index in [-0.39, 0.29) is 0 Å². The fourth-order valence-electron chi connectivity index (χ4n) is 2.77. The van der Waals surface area contributed by atoms with E-state index in [1.54, 1.807) is 30.5 Å². The van der Waals surface area contributed by atoms with Crippen LogP contribution in [0.15, 0.2) is 54.2 Å². The van der Waals surface area contributed by atoms with Crippen LogP contribution in [0.25, 0.3) is 0 Å². The molecule has 0 saturated carbocycles. The highest BCUT2D eigenvalue weighted by Crippen LogP contribution is 2.26. The Labute approximate surface area is 147 Å². The van der Waals surface area contributed by atoms with Gasteiger partial charge >= 0.3 is 0 Å². The lowest BCUT2D eigenvalue weighted by molar-refractivity contribution is 0.388. The fourth-order valence-corrected chi connectivity index (χ4v) is 2.77. The molecule has 2 heterocycles. The molecule has 0 bridgehead atoms. The third kappa shape index (κ3) is 4.17. The van der Waals surface area contributed by atoms with Crippen molar-refractivity contribution in [2.45, 2.75) is 12.8 Å². The molecule has 5 heteroatoms. The SMILES string of the molecule is N#Cc1cccc(C#CC=C2CCN(c3ncccc3NO)CC2)c1. The van der Waals surface area contributed by atoms with E-state index in [1.807, 2.05) is 18.2 Å². The third-order valence-electron chi connectivity index (χ3n) is 4.10. The van der Waals surface area contributed by atoms with Crippen LogP contribution >= 0.6 is 0 Å². The maximum absolute atomic E-state index is 9.20. The molecule has 1 aliphatic heterocycles. The first-order chi connectivity index (χ1) is 12.3. The molecule has 1 aromatic carbocycles. The number of rotatable bonds is 2. The molecule has 124 valence electrons. The molecule has 0 amide bonds. The first kappa shape index (κ1) is 16.6. The van der Waals surface area contributed by atoms with Crippen molar-refractivity contribution in [2.24, 2.45) is 0 Å². The van der Waals surface area contributed by atoms with E-state index in [1.165, 1.54) is 5.57 Å². The number of hydrogen-bond acceptors (Lipinski definition) is 5. The zero-order chi connectivity index (χ0) is 17.5. The molecule has 0 unspecified atom stereocenters. The average Bonchev–Trinajstić information content (AvgIpc) is 2.68. The second kappa shape index (κ2) is 8.01. The van der Waals surface area contributed by atoms with Crippen LogP contribution in [0.4, 0.5) is 11.5 Å². The van der Waals surface area contributed by atoms with Gasteiger partial charge in [-0.2, -0.15) is 5.26 Å². The standard InChI is InChI=1S/C20H18N4O/c21-15-18-7-2-6-17(14-18)5-1-4-16-9-12-24(13-10-16)20-19(23-25)8-3-11-22-20/h2-4,6-8,11,14,23,25H,9-10,12-13H2. The second-order valence-electron chi connectivity index (χ2n) is 5.74. The Hall–Kier alpha value is -3.28. The minimum absolute atomic E-state index is 0.618. The van der Waals surface area contributed by atoms with E-state index < -0.39 is 0 Å². The Kier molecular flexibility index (Phi) is 5.31. The van der Waals surface area contributed by atoms with E-state index in [0.717, 1.165) is 37.3 Å². The zero-order valence-electron chi connectivity index (χ0n) is 13.7. The minimum atomic E-state index is 0.618. The van der Waals surface area contributed by atoms with Crippen LogP contribution in [0.1, 0.15) is 24.0 Å². The van der Waals surface area contributed by atoms with Crippen molar-refractivity contribution in [1.29, 1.82) is 5.26 Å². The van der Waals surface area contributed by atoms with Crippen LogP contribution in [-0.2, 0) is 0 Å². The minimum Gasteiger partial charge on any atom is -0.354 e. The van der Waals surface area contributed by atoms with Crippen molar-refractivity contribution in [3.05, 3.63) is 65.4 Å². The van der Waals surface area contributed by atoms with E-state index in [0.29, 0.717) is 11.3 Å². The second-order valence-corrected chi connectivity index (χ2v) is 5.74. The fraction of sp³-hybridized carbons (Fsp3) is 0.200. The van der Waals surface area contributed by atoms with Gasteiger partial charge in [0.15, 0.2) is 5.82 Å². The Balaban J connectivity index is 1.64. The molecule has 2 N–H and O–H groups in total. The first-order valence-electron chi connectivity index (χ1n) is 8.10. The predicted octanol–water partition coefficient (Wildman–Crippen LogP) is 3.33. The van der Waals surface area contributed by atoms with Crippen molar-refractivity contribution in [3.8, 4) is 17.9 Å². The lowest BCUT2D eigenvalue weighted by Crippen LogP contribution is -2.31. The molecule has 1 aromatic heterocycles. The van der Waals surface area contributed by atoms with Crippen LogP contribution in [-0.4, -0.2) is 23.3 Å². The van der Waals surface area contributed by atoms with Gasteiger partial charge in [0.25, 0.3) is 0 Å². The lowest BCUT2D eigenvalue weighted by Gasteiger charge is -2.30. The molecule has 1 saturated heterocycles. The van der Waals surface area contributed by atoms with Crippen molar-refractivity contribution < 1.29 is 5.21 Å². The number of hydrogen-bond donors (Lipinski definition) is 2. The van der Waals surface area contributed by atoms with E-state index >= 15 is 0 Å². The van der Waals surface area contributed by atoms with Crippen LogP contribution in [0.5, 0.6) is 0 Å². The Morgan fingerprint density at radius 3 is 2.72 bits per heavy atom. The summed E-state index contributed by atoms with van der Waals surface area (Å²) in [4.78, 5) is 6.50. The van der Waals surface area contributed by atoms with Gasteiger partial charge in [-0.05, 0) is 49.2 Å². The Morgan fingerprint density at radius 1 is 1.16 bits per heavy atom. The van der Waals surface area contributed by atoms with Gasteiger partial charge < -0.3 is 4.90 Å². The molecule has 0 atom stereocenters. The van der Waals surface area contributed by atoms with Gasteiger partial charge in [-0.1, -0.05) is 23.5 Å². The molecule has 5 nitrogen and oxygen atoms in total. The highest BCUT2D eigenvalue weighted by Gasteiger charge is 2.17. The average molecular weight is 330 g/mol. The van der Waals surface area contributed by atoms with Gasteiger partial charge in [0.2, 0.25) is 0 Å². The Morgan fingerprint density at radius 2 is 1.96 bits per heavy atom. The summed E-state index contributed by atoms with van der Waals surface area (Å²) < 4.78 is 0. The summed E-state index contributed by atoms with van der Waals surface area (Å²) in [6.07, 6.45) is 5.52. The van der Waals surface area contributed by atoms with Crippen molar-refractivity contribution in [3.63, 3.8) is 0 Å². The summed E-state index contributed by atoms with van der Waals surface area (Å²) in [6.45, 7) is 1.67. The van der Waals surface area contributed by atoms with Gasteiger partial charge in [0.05, 0.1) is 11.6 Å². The molecule has 25 heavy (non-hydrogen) atoms. The van der Waals surface area contributed by atoms with Crippen LogP contribution in [0, 0.1) is 23.2 Å². The number of anilines is 2. The van der Waals surface area contributed by atoms with Crippen molar-refractivity contribution >= 4 is 11.5 Å². The molecule has 1 aliphatic rings. The number of nitrogens with one attached hydrogen (secondary N) is 1. The van der Waals surface area contributed by atoms with E-state index in [2.05, 4.69) is 33.3 Å². The van der Waals surface area contributed by atoms with Gasteiger partial charge in [0.1, 0.15) is 5.69 Å². The number of nitrogens with zero attached hydrogens (tertiary/aromatic N) is 3. The van der Waals surface area contributed by atoms with Gasteiger partial charge in [0, 0.05) is 24.8 Å². The number of benzene rings is 1. The molecule has 0 radical (unpaired) electrons. The third-order valence-corrected chi connectivity index (χ3v) is 4.10. The quantitative estimate of drug-likeness (QED) is 0.653. The number of allylic oxidation sites excluding steroid dienone is 1. The number of nitriles is 1. The highest BCUT2D eigenvalue weighted by atomic mass is 16.5. The topological polar surface area (TPSA) is 72.2 Å². The summed E-state index contributed by atoms with van der Waals surface area (Å²) in [5.74, 6) is 6.94. The molecule has 0 aliphatic carbocycles. The molecule has 2 aromatic rings. The van der Waals surface area contributed by atoms with Crippen LogP contribution in [0.3, 0.4) is 0 Å². The molecule has 1 fully saturated rings. The van der Waals surface area contributed by atoms with Gasteiger partial charge in [-0.3, -0.25) is 10.7 Å². The van der Waals surface area contributed by atoms with Crippen molar-refractivity contribution in [2.75, 3.05) is 23.5 Å². The summed E-state index contributed by atoms with van der Waals surface area (Å²) in [7, 11) is 0. The normalized spacial score (nSPS) is 13.4. The van der Waals surface area contributed by atoms with E-state index in [4.69, 9.17) is 5.26 Å². The largest absolute Gasteiger partial charge is 0.354 e. The van der Waals surface area contributed by atoms with E-state index in [9.17, 15) is 5.21 Å². The zero-order valence-corrected chi connectivity index (χ0v) is 13.7. The number of piperidine rings is 1.